The fourth-order valence-electron chi connectivity index (χ4n) is 1.32. The van der Waals surface area contributed by atoms with Crippen LogP contribution in [0.5, 0.6) is 0 Å². The lowest BCUT2D eigenvalue weighted by Gasteiger charge is -2.03. The number of hydrogen-bond donors (Lipinski definition) is 1. The molecule has 2 aromatic rings. The lowest BCUT2D eigenvalue weighted by atomic mass is 10.3. The van der Waals surface area contributed by atoms with E-state index in [1.165, 1.54) is 24.5 Å². The first kappa shape index (κ1) is 13.4. The van der Waals surface area contributed by atoms with Gasteiger partial charge in [0.2, 0.25) is 0 Å². The van der Waals surface area contributed by atoms with Crippen molar-refractivity contribution in [1.82, 2.24) is 0 Å². The summed E-state index contributed by atoms with van der Waals surface area (Å²) in [5.41, 5.74) is 2.48. The summed E-state index contributed by atoms with van der Waals surface area (Å²) in [4.78, 5) is 10.3. The molecule has 0 bridgehead atoms. The average Bonchev–Trinajstić information content (AvgIpc) is 2.89. The van der Waals surface area contributed by atoms with E-state index in [0.29, 0.717) is 10.8 Å². The molecule has 1 aromatic carbocycles. The molecule has 1 heterocycles. The van der Waals surface area contributed by atoms with E-state index in [-0.39, 0.29) is 16.5 Å². The van der Waals surface area contributed by atoms with Gasteiger partial charge in [0.15, 0.2) is 10.9 Å². The topological polar surface area (TPSA) is 80.7 Å². The first-order valence-corrected chi connectivity index (χ1v) is 5.80. The summed E-state index contributed by atoms with van der Waals surface area (Å²) in [7, 11) is 0. The number of hydrazone groups is 1. The van der Waals surface area contributed by atoms with Gasteiger partial charge < -0.3 is 4.42 Å². The Morgan fingerprint density at radius 1 is 1.42 bits per heavy atom. The van der Waals surface area contributed by atoms with Crippen molar-refractivity contribution in [2.24, 2.45) is 5.10 Å². The highest BCUT2D eigenvalue weighted by molar-refractivity contribution is 6.69. The van der Waals surface area contributed by atoms with Crippen LogP contribution in [0.25, 0.3) is 0 Å². The van der Waals surface area contributed by atoms with Crippen LogP contribution in [0.3, 0.4) is 0 Å². The Balaban J connectivity index is 2.26. The van der Waals surface area contributed by atoms with Gasteiger partial charge in [-0.05, 0) is 24.3 Å². The lowest BCUT2D eigenvalue weighted by Crippen LogP contribution is -1.99. The lowest BCUT2D eigenvalue weighted by molar-refractivity contribution is -0.384. The van der Waals surface area contributed by atoms with Gasteiger partial charge in [0.1, 0.15) is 5.69 Å². The maximum atomic E-state index is 10.8. The third kappa shape index (κ3) is 3.24. The van der Waals surface area contributed by atoms with Crippen LogP contribution in [-0.2, 0) is 0 Å². The minimum Gasteiger partial charge on any atom is -0.462 e. The van der Waals surface area contributed by atoms with E-state index in [1.807, 2.05) is 0 Å². The van der Waals surface area contributed by atoms with Crippen LogP contribution in [-0.4, -0.2) is 10.1 Å². The standard InChI is InChI=1S/C11H7Cl2N3O3/c12-7-3-4-9(16(17)18)8(6-7)14-15-11(13)10-2-1-5-19-10/h1-6,14H/b15-11+. The second kappa shape index (κ2) is 5.73. The molecule has 0 aliphatic carbocycles. The zero-order chi connectivity index (χ0) is 13.8. The Labute approximate surface area is 117 Å². The number of nitro groups is 1. The molecule has 0 saturated heterocycles. The number of anilines is 1. The SMILES string of the molecule is O=[N+]([O-])c1ccc(Cl)cc1N/N=C(/Cl)c1ccco1. The average molecular weight is 300 g/mol. The van der Waals surface area contributed by atoms with Crippen molar-refractivity contribution < 1.29 is 9.34 Å². The molecule has 98 valence electrons. The molecule has 0 aliphatic rings. The van der Waals surface area contributed by atoms with E-state index in [0.717, 1.165) is 0 Å². The maximum absolute atomic E-state index is 10.8. The van der Waals surface area contributed by atoms with Crippen LogP contribution in [0.15, 0.2) is 46.1 Å². The summed E-state index contributed by atoms with van der Waals surface area (Å²) in [6.07, 6.45) is 1.44. The van der Waals surface area contributed by atoms with Gasteiger partial charge >= 0.3 is 0 Å². The van der Waals surface area contributed by atoms with Crippen molar-refractivity contribution in [2.75, 3.05) is 5.43 Å². The summed E-state index contributed by atoms with van der Waals surface area (Å²) in [6.45, 7) is 0. The highest BCUT2D eigenvalue weighted by atomic mass is 35.5. The summed E-state index contributed by atoms with van der Waals surface area (Å²) in [5, 5.41) is 15.0. The molecule has 0 spiro atoms. The van der Waals surface area contributed by atoms with E-state index < -0.39 is 4.92 Å². The first-order chi connectivity index (χ1) is 9.08. The quantitative estimate of drug-likeness (QED) is 0.528. The largest absolute Gasteiger partial charge is 0.462 e. The number of rotatable bonds is 4. The Kier molecular flexibility index (Phi) is 4.03. The molecule has 0 atom stereocenters. The van der Waals surface area contributed by atoms with E-state index in [9.17, 15) is 10.1 Å². The third-order valence-electron chi connectivity index (χ3n) is 2.15. The van der Waals surface area contributed by atoms with Gasteiger partial charge in [-0.3, -0.25) is 15.5 Å². The van der Waals surface area contributed by atoms with Crippen LogP contribution < -0.4 is 5.43 Å². The summed E-state index contributed by atoms with van der Waals surface area (Å²) in [6, 6.07) is 7.34. The van der Waals surface area contributed by atoms with E-state index in [4.69, 9.17) is 27.6 Å². The smallest absolute Gasteiger partial charge is 0.294 e. The van der Waals surface area contributed by atoms with E-state index in [1.54, 1.807) is 12.1 Å². The molecule has 0 fully saturated rings. The fourth-order valence-corrected chi connectivity index (χ4v) is 1.64. The normalized spacial score (nSPS) is 11.4. The Morgan fingerprint density at radius 2 is 2.21 bits per heavy atom. The molecule has 1 N–H and O–H groups in total. The summed E-state index contributed by atoms with van der Waals surface area (Å²) < 4.78 is 5.02. The van der Waals surface area contributed by atoms with Crippen LogP contribution in [0, 0.1) is 10.1 Å². The summed E-state index contributed by atoms with van der Waals surface area (Å²) >= 11 is 11.6. The van der Waals surface area contributed by atoms with Gasteiger partial charge in [0.25, 0.3) is 5.69 Å². The zero-order valence-electron chi connectivity index (χ0n) is 9.34. The molecule has 0 aliphatic heterocycles. The molecule has 6 nitrogen and oxygen atoms in total. The highest BCUT2D eigenvalue weighted by Crippen LogP contribution is 2.27. The van der Waals surface area contributed by atoms with E-state index in [2.05, 4.69) is 10.5 Å². The Bertz CT molecular complexity index is 626. The van der Waals surface area contributed by atoms with Gasteiger partial charge in [-0.1, -0.05) is 23.2 Å². The van der Waals surface area contributed by atoms with Crippen LogP contribution >= 0.6 is 23.2 Å². The number of nitrogens with one attached hydrogen (secondary N) is 1. The minimum absolute atomic E-state index is 0.0410. The van der Waals surface area contributed by atoms with Gasteiger partial charge in [-0.25, -0.2) is 0 Å². The van der Waals surface area contributed by atoms with Gasteiger partial charge in [0, 0.05) is 11.1 Å². The minimum atomic E-state index is -0.547. The van der Waals surface area contributed by atoms with Crippen LogP contribution in [0.2, 0.25) is 5.02 Å². The number of nitro benzene ring substituents is 1. The summed E-state index contributed by atoms with van der Waals surface area (Å²) in [5.74, 6) is 0.346. The molecule has 0 radical (unpaired) electrons. The van der Waals surface area contributed by atoms with Crippen molar-refractivity contribution in [3.8, 4) is 0 Å². The monoisotopic (exact) mass is 299 g/mol. The first-order valence-electron chi connectivity index (χ1n) is 5.05. The molecule has 19 heavy (non-hydrogen) atoms. The van der Waals surface area contributed by atoms with Crippen LogP contribution in [0.4, 0.5) is 11.4 Å². The van der Waals surface area contributed by atoms with Crippen molar-refractivity contribution >= 4 is 39.7 Å². The third-order valence-corrected chi connectivity index (χ3v) is 2.66. The van der Waals surface area contributed by atoms with Crippen molar-refractivity contribution in [2.45, 2.75) is 0 Å². The predicted molar refractivity (Wildman–Crippen MR) is 72.8 cm³/mol. The molecular formula is C11H7Cl2N3O3. The molecule has 8 heteroatoms. The van der Waals surface area contributed by atoms with Gasteiger partial charge in [-0.15, -0.1) is 0 Å². The van der Waals surface area contributed by atoms with Crippen LogP contribution in [0.1, 0.15) is 5.76 Å². The van der Waals surface area contributed by atoms with Crippen molar-refractivity contribution in [1.29, 1.82) is 0 Å². The molecular weight excluding hydrogens is 293 g/mol. The molecule has 0 amide bonds. The molecule has 2 rings (SSSR count). The number of nitrogens with zero attached hydrogens (tertiary/aromatic N) is 2. The van der Waals surface area contributed by atoms with Gasteiger partial charge in [-0.2, -0.15) is 5.10 Å². The number of halogens is 2. The molecule has 0 saturated carbocycles. The second-order valence-corrected chi connectivity index (χ2v) is 4.20. The number of furan rings is 1. The molecule has 1 aromatic heterocycles. The van der Waals surface area contributed by atoms with Crippen molar-refractivity contribution in [3.63, 3.8) is 0 Å². The number of hydrogen-bond acceptors (Lipinski definition) is 5. The zero-order valence-corrected chi connectivity index (χ0v) is 10.9. The predicted octanol–water partition coefficient (Wildman–Crippen LogP) is 3.85. The second-order valence-electron chi connectivity index (χ2n) is 3.41. The Morgan fingerprint density at radius 3 is 2.84 bits per heavy atom. The van der Waals surface area contributed by atoms with Crippen molar-refractivity contribution in [3.05, 3.63) is 57.5 Å². The number of benzene rings is 1. The Hall–Kier alpha value is -2.05. The fraction of sp³-hybridized carbons (Fsp3) is 0. The highest BCUT2D eigenvalue weighted by Gasteiger charge is 2.14. The van der Waals surface area contributed by atoms with E-state index >= 15 is 0 Å². The molecule has 0 unspecified atom stereocenters. The maximum Gasteiger partial charge on any atom is 0.294 e. The van der Waals surface area contributed by atoms with Gasteiger partial charge in [0.05, 0.1) is 11.2 Å².